The van der Waals surface area contributed by atoms with Gasteiger partial charge in [-0.1, -0.05) is 32.9 Å². The molecule has 4 aromatic rings. The maximum Gasteiger partial charge on any atom is 0.410 e. The molecule has 0 radical (unpaired) electrons. The van der Waals surface area contributed by atoms with Gasteiger partial charge in [0.25, 0.3) is 0 Å². The summed E-state index contributed by atoms with van der Waals surface area (Å²) >= 11 is 0. The van der Waals surface area contributed by atoms with Crippen molar-refractivity contribution in [3.8, 4) is 28.4 Å². The van der Waals surface area contributed by atoms with Crippen molar-refractivity contribution in [2.45, 2.75) is 90.3 Å². The van der Waals surface area contributed by atoms with Crippen LogP contribution >= 0.6 is 0 Å². The number of rotatable bonds is 12. The molecule has 0 N–H and O–H groups in total. The number of likely N-dealkylation sites (N-methyl/N-ethyl adjacent to an activating group) is 1. The molecule has 1 aliphatic rings. The van der Waals surface area contributed by atoms with Gasteiger partial charge in [-0.3, -0.25) is 0 Å². The van der Waals surface area contributed by atoms with Gasteiger partial charge in [0.1, 0.15) is 30.1 Å². The fourth-order valence-electron chi connectivity index (χ4n) is 5.89. The minimum atomic E-state index is -3.68. The highest BCUT2D eigenvalue weighted by atomic mass is 32.2. The minimum Gasteiger partial charge on any atom is -0.491 e. The van der Waals surface area contributed by atoms with Crippen LogP contribution in [-0.4, -0.2) is 116 Å². The van der Waals surface area contributed by atoms with Crippen LogP contribution in [0, 0.1) is 0 Å². The van der Waals surface area contributed by atoms with Crippen molar-refractivity contribution in [2.75, 3.05) is 51.6 Å². The highest BCUT2D eigenvalue weighted by Crippen LogP contribution is 2.38. The second-order valence-electron chi connectivity index (χ2n) is 16.5. The highest BCUT2D eigenvalue weighted by molar-refractivity contribution is 7.89. The van der Waals surface area contributed by atoms with Gasteiger partial charge < -0.3 is 28.4 Å². The van der Waals surface area contributed by atoms with Gasteiger partial charge in [-0.2, -0.15) is 0 Å². The minimum absolute atomic E-state index is 0.0622. The number of nitrogens with zero attached hydrogens (tertiary/aromatic N) is 7. The molecule has 1 atom stereocenters. The van der Waals surface area contributed by atoms with Crippen molar-refractivity contribution < 1.29 is 31.8 Å². The SMILES string of the molecule is CN(CC(COc1cccc(-c2nc(-c3cn(S(C)(=O)=O)c4ncncc34)cc(N(C)C3CCOCC3)n2)c1)O[Si](C)(C)C(C)(C)C)C(=O)OC(C)(C)C. The standard InChI is InChI=1S/C38H55N7O7SSi/c1-37(2,3)51-36(46)43(7)22-29(52-54(10,11)38(4,5)6)24-50-28-14-12-13-26(19-28)34-41-32(20-33(42-34)44(8)27-15-17-49-18-16-27)31-23-45(53(9,47)48)35-30(31)21-39-25-40-35/h12-14,19-21,23,25,27,29H,15-18,22,24H2,1-11H3. The molecule has 1 aliphatic heterocycles. The zero-order valence-electron chi connectivity index (χ0n) is 33.4. The van der Waals surface area contributed by atoms with Crippen LogP contribution in [0.5, 0.6) is 5.75 Å². The van der Waals surface area contributed by atoms with E-state index in [1.165, 1.54) is 17.4 Å². The molecule has 1 fully saturated rings. The molecule has 0 bridgehead atoms. The second-order valence-corrected chi connectivity index (χ2v) is 23.1. The third-order valence-corrected chi connectivity index (χ3v) is 15.4. The summed E-state index contributed by atoms with van der Waals surface area (Å²) in [7, 11) is -2.23. The Balaban J connectivity index is 1.50. The summed E-state index contributed by atoms with van der Waals surface area (Å²) in [5, 5.41) is 0.487. The lowest BCUT2D eigenvalue weighted by molar-refractivity contribution is 0.0172. The first-order chi connectivity index (χ1) is 25.1. The van der Waals surface area contributed by atoms with Gasteiger partial charge in [0.05, 0.1) is 24.6 Å². The summed E-state index contributed by atoms with van der Waals surface area (Å²) in [6.45, 7) is 18.2. The lowest BCUT2D eigenvalue weighted by Crippen LogP contribution is -2.49. The Bertz CT molecular complexity index is 2050. The fraction of sp³-hybridized carbons (Fsp3) is 0.553. The summed E-state index contributed by atoms with van der Waals surface area (Å²) in [6, 6.07) is 9.59. The van der Waals surface area contributed by atoms with E-state index in [-0.39, 0.29) is 29.9 Å². The van der Waals surface area contributed by atoms with Crippen LogP contribution in [0.1, 0.15) is 54.4 Å². The highest BCUT2D eigenvalue weighted by Gasteiger charge is 2.40. The van der Waals surface area contributed by atoms with Crippen LogP contribution in [0.25, 0.3) is 33.7 Å². The first-order valence-corrected chi connectivity index (χ1v) is 23.0. The predicted octanol–water partition coefficient (Wildman–Crippen LogP) is 6.61. The predicted molar refractivity (Wildman–Crippen MR) is 213 cm³/mol. The maximum atomic E-state index is 12.9. The van der Waals surface area contributed by atoms with Crippen molar-refractivity contribution >= 4 is 41.3 Å². The largest absolute Gasteiger partial charge is 0.491 e. The van der Waals surface area contributed by atoms with E-state index in [1.54, 1.807) is 13.2 Å². The Labute approximate surface area is 320 Å². The van der Waals surface area contributed by atoms with Crippen molar-refractivity contribution in [1.29, 1.82) is 0 Å². The topological polar surface area (TPSA) is 151 Å². The normalized spacial score (nSPS) is 15.2. The third-order valence-electron chi connectivity index (χ3n) is 9.86. The number of carbonyl (C=O) groups excluding carboxylic acids is 1. The zero-order chi connectivity index (χ0) is 39.6. The number of anilines is 1. The maximum absolute atomic E-state index is 12.9. The molecule has 1 unspecified atom stereocenters. The smallest absolute Gasteiger partial charge is 0.410 e. The van der Waals surface area contributed by atoms with Gasteiger partial charge in [-0.25, -0.2) is 37.1 Å². The molecule has 1 saturated heterocycles. The van der Waals surface area contributed by atoms with Gasteiger partial charge in [0, 0.05) is 68.3 Å². The number of hydrogen-bond acceptors (Lipinski definition) is 12. The first kappa shape index (κ1) is 41.0. The van der Waals surface area contributed by atoms with Gasteiger partial charge in [-0.05, 0) is 63.9 Å². The number of hydrogen-bond donors (Lipinski definition) is 0. The molecule has 0 aliphatic carbocycles. The molecule has 0 spiro atoms. The zero-order valence-corrected chi connectivity index (χ0v) is 35.2. The molecule has 0 saturated carbocycles. The van der Waals surface area contributed by atoms with Crippen molar-refractivity contribution in [3.63, 3.8) is 0 Å². The summed E-state index contributed by atoms with van der Waals surface area (Å²) in [5.41, 5.74) is 1.43. The van der Waals surface area contributed by atoms with E-state index in [2.05, 4.69) is 48.7 Å². The number of carbonyl (C=O) groups is 1. The van der Waals surface area contributed by atoms with E-state index < -0.39 is 36.1 Å². The summed E-state index contributed by atoms with van der Waals surface area (Å²) < 4.78 is 51.2. The van der Waals surface area contributed by atoms with E-state index >= 15 is 0 Å². The third kappa shape index (κ3) is 9.94. The Morgan fingerprint density at radius 1 is 1.07 bits per heavy atom. The summed E-state index contributed by atoms with van der Waals surface area (Å²) in [6.07, 6.45) is 6.42. The molecule has 3 aromatic heterocycles. The van der Waals surface area contributed by atoms with Crippen molar-refractivity contribution in [2.24, 2.45) is 0 Å². The van der Waals surface area contributed by atoms with Crippen LogP contribution in [0.2, 0.25) is 18.1 Å². The number of benzene rings is 1. The van der Waals surface area contributed by atoms with Crippen LogP contribution < -0.4 is 9.64 Å². The molecule has 4 heterocycles. The fourth-order valence-corrected chi connectivity index (χ4v) is 7.97. The molecule has 54 heavy (non-hydrogen) atoms. The van der Waals surface area contributed by atoms with Crippen LogP contribution in [-0.2, 0) is 23.9 Å². The van der Waals surface area contributed by atoms with Gasteiger partial charge in [-0.15, -0.1) is 0 Å². The molecule has 5 rings (SSSR count). The average molecular weight is 782 g/mol. The van der Waals surface area contributed by atoms with Crippen LogP contribution in [0.3, 0.4) is 0 Å². The van der Waals surface area contributed by atoms with Crippen molar-refractivity contribution in [3.05, 3.63) is 49.1 Å². The van der Waals surface area contributed by atoms with E-state index in [4.69, 9.17) is 28.6 Å². The van der Waals surface area contributed by atoms with Crippen LogP contribution in [0.4, 0.5) is 10.6 Å². The molecule has 14 nitrogen and oxygen atoms in total. The van der Waals surface area contributed by atoms with Gasteiger partial charge in [0.2, 0.25) is 10.0 Å². The summed E-state index contributed by atoms with van der Waals surface area (Å²) in [5.74, 6) is 1.69. The Hall–Kier alpha value is -4.12. The number of fused-ring (bicyclic) bond motifs is 1. The van der Waals surface area contributed by atoms with Crippen LogP contribution in [0.15, 0.2) is 49.1 Å². The number of ether oxygens (including phenoxy) is 3. The van der Waals surface area contributed by atoms with E-state index in [0.29, 0.717) is 52.8 Å². The monoisotopic (exact) mass is 781 g/mol. The quantitative estimate of drug-likeness (QED) is 0.142. The average Bonchev–Trinajstić information content (AvgIpc) is 3.50. The lowest BCUT2D eigenvalue weighted by Gasteiger charge is -2.40. The molecule has 294 valence electrons. The Morgan fingerprint density at radius 3 is 2.43 bits per heavy atom. The number of amides is 1. The molecule has 1 aromatic carbocycles. The van der Waals surface area contributed by atoms with E-state index in [9.17, 15) is 13.2 Å². The molecular formula is C38H55N7O7SSi. The second kappa shape index (κ2) is 15.9. The molecular weight excluding hydrogens is 727 g/mol. The van der Waals surface area contributed by atoms with Crippen molar-refractivity contribution in [1.82, 2.24) is 28.8 Å². The molecule has 1 amide bonds. The van der Waals surface area contributed by atoms with E-state index in [0.717, 1.165) is 23.1 Å². The Kier molecular flexibility index (Phi) is 12.1. The van der Waals surface area contributed by atoms with Gasteiger partial charge in [0.15, 0.2) is 19.8 Å². The molecule has 16 heteroatoms. The first-order valence-electron chi connectivity index (χ1n) is 18.2. The van der Waals surface area contributed by atoms with Gasteiger partial charge >= 0.3 is 6.09 Å². The van der Waals surface area contributed by atoms with E-state index in [1.807, 2.05) is 58.2 Å². The lowest BCUT2D eigenvalue weighted by atomic mass is 10.1. The summed E-state index contributed by atoms with van der Waals surface area (Å²) in [4.78, 5) is 35.1. The Morgan fingerprint density at radius 2 is 1.78 bits per heavy atom. The number of aromatic nitrogens is 5.